The first kappa shape index (κ1) is 25.6. The van der Waals surface area contributed by atoms with Crippen molar-refractivity contribution in [2.75, 3.05) is 17.2 Å². The molecular formula is C30H33N5O3. The highest BCUT2D eigenvalue weighted by molar-refractivity contribution is 6.06. The Labute approximate surface area is 222 Å². The average molecular weight is 512 g/mol. The molecule has 1 aliphatic carbocycles. The Hall–Kier alpha value is -4.04. The Morgan fingerprint density at radius 3 is 2.53 bits per heavy atom. The van der Waals surface area contributed by atoms with Crippen molar-refractivity contribution in [2.45, 2.75) is 52.1 Å². The molecule has 0 bridgehead atoms. The van der Waals surface area contributed by atoms with Crippen molar-refractivity contribution < 1.29 is 14.4 Å². The van der Waals surface area contributed by atoms with E-state index < -0.39 is 10.8 Å². The van der Waals surface area contributed by atoms with Crippen LogP contribution in [0.3, 0.4) is 0 Å². The summed E-state index contributed by atoms with van der Waals surface area (Å²) in [6.07, 6.45) is 2.81. The van der Waals surface area contributed by atoms with E-state index in [0.29, 0.717) is 37.4 Å². The van der Waals surface area contributed by atoms with Crippen LogP contribution in [-0.4, -0.2) is 34.2 Å². The van der Waals surface area contributed by atoms with E-state index in [-0.39, 0.29) is 24.3 Å². The molecule has 196 valence electrons. The molecule has 1 spiro atoms. The number of benzene rings is 2. The van der Waals surface area contributed by atoms with Gasteiger partial charge < -0.3 is 21.3 Å². The second kappa shape index (κ2) is 9.68. The number of hydrogen-bond donors (Lipinski definition) is 3. The second-order valence-electron chi connectivity index (χ2n) is 11.2. The SMILES string of the molecule is CC(C)(C)C(=O)N(CC(=O)Nc1ccc2c(c1)C[C@@]1(C2)C(=O)Nc2ncccc21)Cc1ccccc1CN. The van der Waals surface area contributed by atoms with Crippen molar-refractivity contribution in [3.63, 3.8) is 0 Å². The molecule has 0 saturated heterocycles. The van der Waals surface area contributed by atoms with Gasteiger partial charge in [-0.25, -0.2) is 4.98 Å². The molecule has 2 heterocycles. The first-order chi connectivity index (χ1) is 18.1. The molecule has 1 aromatic heterocycles. The van der Waals surface area contributed by atoms with Gasteiger partial charge in [-0.1, -0.05) is 57.2 Å². The summed E-state index contributed by atoms with van der Waals surface area (Å²) in [6, 6.07) is 17.3. The lowest BCUT2D eigenvalue weighted by molar-refractivity contribution is -0.142. The van der Waals surface area contributed by atoms with E-state index in [2.05, 4.69) is 15.6 Å². The molecule has 5 rings (SSSR count). The summed E-state index contributed by atoms with van der Waals surface area (Å²) < 4.78 is 0. The lowest BCUT2D eigenvalue weighted by atomic mass is 9.79. The van der Waals surface area contributed by atoms with E-state index in [1.807, 2.05) is 75.4 Å². The number of amides is 3. The highest BCUT2D eigenvalue weighted by atomic mass is 16.2. The molecular weight excluding hydrogens is 478 g/mol. The summed E-state index contributed by atoms with van der Waals surface area (Å²) in [4.78, 5) is 45.3. The zero-order valence-electron chi connectivity index (χ0n) is 22.0. The fraction of sp³-hybridized carbons (Fsp3) is 0.333. The molecule has 3 aromatic rings. The number of nitrogens with zero attached hydrogens (tertiary/aromatic N) is 2. The minimum absolute atomic E-state index is 0.0397. The van der Waals surface area contributed by atoms with Gasteiger partial charge in [0.1, 0.15) is 12.4 Å². The monoisotopic (exact) mass is 511 g/mol. The predicted octanol–water partition coefficient (Wildman–Crippen LogP) is 3.54. The van der Waals surface area contributed by atoms with Gasteiger partial charge in [0.15, 0.2) is 0 Å². The summed E-state index contributed by atoms with van der Waals surface area (Å²) in [7, 11) is 0. The quantitative estimate of drug-likeness (QED) is 0.468. The van der Waals surface area contributed by atoms with Gasteiger partial charge in [0.05, 0.1) is 5.41 Å². The Morgan fingerprint density at radius 2 is 1.79 bits per heavy atom. The van der Waals surface area contributed by atoms with Gasteiger partial charge in [0.25, 0.3) is 0 Å². The van der Waals surface area contributed by atoms with Crippen LogP contribution in [0.5, 0.6) is 0 Å². The van der Waals surface area contributed by atoms with Gasteiger partial charge in [0.2, 0.25) is 17.7 Å². The molecule has 4 N–H and O–H groups in total. The highest BCUT2D eigenvalue weighted by Gasteiger charge is 2.51. The number of carbonyl (C=O) groups excluding carboxylic acids is 3. The molecule has 0 radical (unpaired) electrons. The zero-order valence-corrected chi connectivity index (χ0v) is 22.0. The molecule has 1 atom stereocenters. The third-order valence-corrected chi connectivity index (χ3v) is 7.43. The third-order valence-electron chi connectivity index (χ3n) is 7.43. The molecule has 2 aromatic carbocycles. The topological polar surface area (TPSA) is 117 Å². The molecule has 38 heavy (non-hydrogen) atoms. The molecule has 0 unspecified atom stereocenters. The lowest BCUT2D eigenvalue weighted by Gasteiger charge is -2.30. The Bertz CT molecular complexity index is 1430. The minimum atomic E-state index is -0.666. The van der Waals surface area contributed by atoms with E-state index in [1.165, 1.54) is 0 Å². The van der Waals surface area contributed by atoms with E-state index in [1.54, 1.807) is 11.1 Å². The summed E-state index contributed by atoms with van der Waals surface area (Å²) in [5.74, 6) is 0.185. The van der Waals surface area contributed by atoms with E-state index in [0.717, 1.165) is 27.8 Å². The van der Waals surface area contributed by atoms with Gasteiger partial charge in [0, 0.05) is 36.0 Å². The number of nitrogens with two attached hydrogens (primary N) is 1. The summed E-state index contributed by atoms with van der Waals surface area (Å²) in [5.41, 5.74) is 10.1. The number of rotatable bonds is 6. The maximum atomic E-state index is 13.3. The Morgan fingerprint density at radius 1 is 1.05 bits per heavy atom. The van der Waals surface area contributed by atoms with E-state index >= 15 is 0 Å². The smallest absolute Gasteiger partial charge is 0.244 e. The van der Waals surface area contributed by atoms with Crippen molar-refractivity contribution in [1.82, 2.24) is 9.88 Å². The Kier molecular flexibility index (Phi) is 6.53. The minimum Gasteiger partial charge on any atom is -0.329 e. The summed E-state index contributed by atoms with van der Waals surface area (Å²) >= 11 is 0. The van der Waals surface area contributed by atoms with Crippen LogP contribution in [0.2, 0.25) is 0 Å². The van der Waals surface area contributed by atoms with Crippen LogP contribution in [0.4, 0.5) is 11.5 Å². The normalized spacial score (nSPS) is 17.6. The molecule has 3 amide bonds. The van der Waals surface area contributed by atoms with E-state index in [9.17, 15) is 14.4 Å². The largest absolute Gasteiger partial charge is 0.329 e. The number of anilines is 2. The number of carbonyl (C=O) groups is 3. The Balaban J connectivity index is 1.33. The molecule has 8 nitrogen and oxygen atoms in total. The number of nitrogens with one attached hydrogen (secondary N) is 2. The fourth-order valence-corrected chi connectivity index (χ4v) is 5.51. The maximum Gasteiger partial charge on any atom is 0.244 e. The van der Waals surface area contributed by atoms with Gasteiger partial charge in [-0.3, -0.25) is 14.4 Å². The van der Waals surface area contributed by atoms with Crippen molar-refractivity contribution in [2.24, 2.45) is 11.1 Å². The van der Waals surface area contributed by atoms with E-state index in [4.69, 9.17) is 5.73 Å². The average Bonchev–Trinajstić information content (AvgIpc) is 3.40. The maximum absolute atomic E-state index is 13.3. The molecule has 8 heteroatoms. The van der Waals surface area contributed by atoms with Crippen LogP contribution in [0.1, 0.15) is 48.6 Å². The number of aromatic nitrogens is 1. The summed E-state index contributed by atoms with van der Waals surface area (Å²) in [5, 5.41) is 5.88. The summed E-state index contributed by atoms with van der Waals surface area (Å²) in [6.45, 7) is 6.10. The van der Waals surface area contributed by atoms with Crippen LogP contribution >= 0.6 is 0 Å². The van der Waals surface area contributed by atoms with Crippen molar-refractivity contribution in [1.29, 1.82) is 0 Å². The standard InChI is InChI=1S/C30H33N5O3/c1-29(2,3)28(38)35(17-21-8-5-4-7-20(21)16-31)18-25(36)33-23-11-10-19-14-30(15-22(19)13-23)24-9-6-12-32-26(24)34-27(30)37/h4-13H,14-18,31H2,1-3H3,(H,33,36)(H,32,34,37)/t30-/m1/s1. The van der Waals surface area contributed by atoms with Crippen molar-refractivity contribution in [3.05, 3.63) is 88.6 Å². The van der Waals surface area contributed by atoms with Gasteiger partial charge in [-0.2, -0.15) is 0 Å². The van der Waals surface area contributed by atoms with Crippen LogP contribution in [0.25, 0.3) is 0 Å². The van der Waals surface area contributed by atoms with Crippen LogP contribution in [0, 0.1) is 5.41 Å². The van der Waals surface area contributed by atoms with Gasteiger partial charge in [-0.15, -0.1) is 0 Å². The second-order valence-corrected chi connectivity index (χ2v) is 11.2. The number of hydrogen-bond acceptors (Lipinski definition) is 5. The zero-order chi connectivity index (χ0) is 27.1. The third kappa shape index (κ3) is 4.67. The van der Waals surface area contributed by atoms with Crippen LogP contribution in [0.15, 0.2) is 60.8 Å². The molecule has 0 fully saturated rings. The first-order valence-electron chi connectivity index (χ1n) is 12.9. The van der Waals surface area contributed by atoms with Gasteiger partial charge in [-0.05, 0) is 53.3 Å². The lowest BCUT2D eigenvalue weighted by Crippen LogP contribution is -2.43. The molecule has 0 saturated carbocycles. The fourth-order valence-electron chi connectivity index (χ4n) is 5.51. The van der Waals surface area contributed by atoms with Crippen molar-refractivity contribution in [3.8, 4) is 0 Å². The highest BCUT2D eigenvalue weighted by Crippen LogP contribution is 2.46. The van der Waals surface area contributed by atoms with Crippen LogP contribution < -0.4 is 16.4 Å². The predicted molar refractivity (Wildman–Crippen MR) is 146 cm³/mol. The number of fused-ring (bicyclic) bond motifs is 3. The molecule has 2 aliphatic rings. The molecule has 1 aliphatic heterocycles. The first-order valence-corrected chi connectivity index (χ1v) is 12.9. The van der Waals surface area contributed by atoms with Crippen molar-refractivity contribution >= 4 is 29.2 Å². The van der Waals surface area contributed by atoms with Gasteiger partial charge >= 0.3 is 0 Å². The number of pyridine rings is 1. The van der Waals surface area contributed by atoms with Crippen LogP contribution in [-0.2, 0) is 45.7 Å².